The normalized spacial score (nSPS) is 20.3. The van der Waals surface area contributed by atoms with E-state index in [1.54, 1.807) is 29.0 Å². The maximum atomic E-state index is 13.7. The van der Waals surface area contributed by atoms with E-state index < -0.39 is 0 Å². The molecule has 36 heavy (non-hydrogen) atoms. The Balaban J connectivity index is 1.53. The van der Waals surface area contributed by atoms with Crippen LogP contribution in [0.25, 0.3) is 11.7 Å². The van der Waals surface area contributed by atoms with E-state index in [1.165, 1.54) is 16.2 Å². The van der Waals surface area contributed by atoms with Crippen LogP contribution in [0.5, 0.6) is 0 Å². The van der Waals surface area contributed by atoms with Crippen LogP contribution in [0.3, 0.4) is 0 Å². The van der Waals surface area contributed by atoms with Crippen LogP contribution in [0, 0.1) is 6.92 Å². The van der Waals surface area contributed by atoms with Crippen molar-refractivity contribution in [2.45, 2.75) is 45.6 Å². The fourth-order valence-electron chi connectivity index (χ4n) is 5.02. The molecule has 2 aromatic rings. The van der Waals surface area contributed by atoms with Crippen molar-refractivity contribution in [3.8, 4) is 0 Å². The molecule has 1 saturated carbocycles. The maximum absolute atomic E-state index is 13.7. The van der Waals surface area contributed by atoms with Crippen molar-refractivity contribution in [2.75, 3.05) is 37.7 Å². The van der Waals surface area contributed by atoms with Gasteiger partial charge in [0.2, 0.25) is 0 Å². The number of hydrogen-bond donors (Lipinski definition) is 0. The number of hydrogen-bond acceptors (Lipinski definition) is 8. The molecule has 3 fully saturated rings. The number of pyridine rings is 1. The standard InChI is InChI=1S/C25H29N5O4S2/c1-3-34-24(33)28-12-10-27(11-13-28)21-18(22(31)29-15-16(2)8-9-20(29)26-21)14-19-23(32)30(25(35)36-19)17-6-4-5-7-17/h8-9,14-15,17H,3-7,10-13H2,1-2H3. The lowest BCUT2D eigenvalue weighted by atomic mass is 10.2. The molecule has 0 unspecified atom stereocenters. The van der Waals surface area contributed by atoms with Crippen molar-refractivity contribution in [1.29, 1.82) is 0 Å². The van der Waals surface area contributed by atoms with Gasteiger partial charge < -0.3 is 14.5 Å². The Labute approximate surface area is 219 Å². The first-order valence-electron chi connectivity index (χ1n) is 12.3. The number of ether oxygens (including phenoxy) is 1. The number of rotatable bonds is 4. The quantitative estimate of drug-likeness (QED) is 0.442. The lowest BCUT2D eigenvalue weighted by Crippen LogP contribution is -2.49. The van der Waals surface area contributed by atoms with Crippen molar-refractivity contribution in [3.63, 3.8) is 0 Å². The zero-order valence-electron chi connectivity index (χ0n) is 20.4. The zero-order chi connectivity index (χ0) is 25.4. The number of amides is 2. The van der Waals surface area contributed by atoms with Gasteiger partial charge >= 0.3 is 6.09 Å². The predicted molar refractivity (Wildman–Crippen MR) is 144 cm³/mol. The van der Waals surface area contributed by atoms with E-state index >= 15 is 0 Å². The number of piperazine rings is 1. The third-order valence-corrected chi connectivity index (χ3v) is 8.21. The molecule has 1 aliphatic carbocycles. The average molecular weight is 528 g/mol. The Hall–Kier alpha value is -2.92. The van der Waals surface area contributed by atoms with Gasteiger partial charge in [-0.25, -0.2) is 9.78 Å². The minimum Gasteiger partial charge on any atom is -0.450 e. The number of aromatic nitrogens is 2. The molecule has 2 aromatic heterocycles. The second-order valence-corrected chi connectivity index (χ2v) is 10.9. The molecule has 9 nitrogen and oxygen atoms in total. The smallest absolute Gasteiger partial charge is 0.409 e. The summed E-state index contributed by atoms with van der Waals surface area (Å²) in [7, 11) is 0. The van der Waals surface area contributed by atoms with E-state index in [0.717, 1.165) is 31.2 Å². The van der Waals surface area contributed by atoms with Crippen LogP contribution in [0.2, 0.25) is 0 Å². The number of anilines is 1. The number of carbonyl (C=O) groups excluding carboxylic acids is 2. The number of thiocarbonyl (C=S) groups is 1. The van der Waals surface area contributed by atoms with Gasteiger partial charge in [-0.15, -0.1) is 0 Å². The fourth-order valence-corrected chi connectivity index (χ4v) is 6.40. The van der Waals surface area contributed by atoms with E-state index in [9.17, 15) is 14.4 Å². The third-order valence-electron chi connectivity index (χ3n) is 6.88. The summed E-state index contributed by atoms with van der Waals surface area (Å²) in [5.74, 6) is 0.377. The lowest BCUT2D eigenvalue weighted by Gasteiger charge is -2.35. The Morgan fingerprint density at radius 1 is 1.19 bits per heavy atom. The lowest BCUT2D eigenvalue weighted by molar-refractivity contribution is -0.123. The summed E-state index contributed by atoms with van der Waals surface area (Å²) in [6.07, 6.45) is 7.18. The number of fused-ring (bicyclic) bond motifs is 1. The van der Waals surface area contributed by atoms with Crippen LogP contribution in [0.4, 0.5) is 10.6 Å². The molecule has 2 amide bonds. The molecule has 2 aliphatic heterocycles. The van der Waals surface area contributed by atoms with Crippen LogP contribution in [0.1, 0.15) is 43.7 Å². The van der Waals surface area contributed by atoms with E-state index in [1.807, 2.05) is 24.0 Å². The van der Waals surface area contributed by atoms with Gasteiger partial charge in [0.1, 0.15) is 15.8 Å². The van der Waals surface area contributed by atoms with Gasteiger partial charge in [-0.05, 0) is 44.4 Å². The van der Waals surface area contributed by atoms with Crippen molar-refractivity contribution >= 4 is 57.8 Å². The highest BCUT2D eigenvalue weighted by molar-refractivity contribution is 8.26. The van der Waals surface area contributed by atoms with Gasteiger partial charge in [0.15, 0.2) is 0 Å². The van der Waals surface area contributed by atoms with Gasteiger partial charge in [0, 0.05) is 38.4 Å². The van der Waals surface area contributed by atoms with E-state index in [-0.39, 0.29) is 23.6 Å². The van der Waals surface area contributed by atoms with Gasteiger partial charge in [0.05, 0.1) is 17.1 Å². The van der Waals surface area contributed by atoms with Crippen molar-refractivity contribution in [2.24, 2.45) is 0 Å². The third kappa shape index (κ3) is 4.61. The van der Waals surface area contributed by atoms with Gasteiger partial charge in [-0.1, -0.05) is 42.9 Å². The molecular weight excluding hydrogens is 498 g/mol. The topological polar surface area (TPSA) is 87.5 Å². The van der Waals surface area contributed by atoms with Gasteiger partial charge in [-0.3, -0.25) is 18.9 Å². The molecular formula is C25H29N5O4S2. The molecule has 0 bridgehead atoms. The van der Waals surface area contributed by atoms with Crippen molar-refractivity contribution < 1.29 is 14.3 Å². The Morgan fingerprint density at radius 2 is 1.92 bits per heavy atom. The summed E-state index contributed by atoms with van der Waals surface area (Å²) in [5.41, 5.74) is 1.58. The highest BCUT2D eigenvalue weighted by atomic mass is 32.2. The van der Waals surface area contributed by atoms with Crippen LogP contribution in [0.15, 0.2) is 28.0 Å². The molecule has 190 valence electrons. The van der Waals surface area contributed by atoms with E-state index in [0.29, 0.717) is 59.0 Å². The van der Waals surface area contributed by atoms with Crippen LogP contribution >= 0.6 is 24.0 Å². The minimum absolute atomic E-state index is 0.135. The summed E-state index contributed by atoms with van der Waals surface area (Å²) in [4.78, 5) is 49.9. The van der Waals surface area contributed by atoms with Crippen molar-refractivity contribution in [1.82, 2.24) is 19.2 Å². The minimum atomic E-state index is -0.338. The summed E-state index contributed by atoms with van der Waals surface area (Å²) in [6.45, 7) is 5.93. The summed E-state index contributed by atoms with van der Waals surface area (Å²) < 4.78 is 7.20. The summed E-state index contributed by atoms with van der Waals surface area (Å²) in [5, 5.41) is 0. The number of thioether (sulfide) groups is 1. The molecule has 3 aliphatic rings. The Kier molecular flexibility index (Phi) is 7.03. The van der Waals surface area contributed by atoms with E-state index in [2.05, 4.69) is 0 Å². The first kappa shape index (κ1) is 24.8. The zero-order valence-corrected chi connectivity index (χ0v) is 22.1. The fraction of sp³-hybridized carbons (Fsp3) is 0.480. The second kappa shape index (κ2) is 10.2. The van der Waals surface area contributed by atoms with Crippen molar-refractivity contribution in [3.05, 3.63) is 44.7 Å². The van der Waals surface area contributed by atoms with E-state index in [4.69, 9.17) is 21.9 Å². The predicted octanol–water partition coefficient (Wildman–Crippen LogP) is 3.43. The molecule has 11 heteroatoms. The largest absolute Gasteiger partial charge is 0.450 e. The van der Waals surface area contributed by atoms with Gasteiger partial charge in [-0.2, -0.15) is 0 Å². The molecule has 5 rings (SSSR count). The Bertz CT molecular complexity index is 1310. The molecule has 4 heterocycles. The molecule has 2 saturated heterocycles. The summed E-state index contributed by atoms with van der Waals surface area (Å²) in [6, 6.07) is 3.87. The van der Waals surface area contributed by atoms with Crippen LogP contribution < -0.4 is 10.5 Å². The molecule has 0 atom stereocenters. The van der Waals surface area contributed by atoms with Gasteiger partial charge in [0.25, 0.3) is 11.5 Å². The second-order valence-electron chi connectivity index (χ2n) is 9.25. The number of carbonyl (C=O) groups is 2. The maximum Gasteiger partial charge on any atom is 0.409 e. The molecule has 0 N–H and O–H groups in total. The molecule has 0 aromatic carbocycles. The van der Waals surface area contributed by atoms with Crippen LogP contribution in [-0.2, 0) is 9.53 Å². The average Bonchev–Trinajstić information content (AvgIpc) is 3.49. The summed E-state index contributed by atoms with van der Waals surface area (Å²) >= 11 is 6.81. The number of nitrogens with zero attached hydrogens (tertiary/aromatic N) is 5. The molecule has 0 radical (unpaired) electrons. The SMILES string of the molecule is CCOC(=O)N1CCN(c2nc3ccc(C)cn3c(=O)c2C=C2SC(=S)N(C3CCCC3)C2=O)CC1. The highest BCUT2D eigenvalue weighted by Gasteiger charge is 2.38. The monoisotopic (exact) mass is 527 g/mol. The first-order chi connectivity index (χ1) is 17.4. The Morgan fingerprint density at radius 3 is 2.61 bits per heavy atom. The first-order valence-corrected chi connectivity index (χ1v) is 13.6. The highest BCUT2D eigenvalue weighted by Crippen LogP contribution is 2.38. The molecule has 0 spiro atoms. The van der Waals surface area contributed by atoms with Crippen LogP contribution in [-0.4, -0.2) is 74.3 Å². The number of aryl methyl sites for hydroxylation is 1.